The molecular formula is C14H21ClN2O2. The fourth-order valence-corrected chi connectivity index (χ4v) is 2.35. The van der Waals surface area contributed by atoms with Crippen molar-refractivity contribution in [2.75, 3.05) is 32.7 Å². The van der Waals surface area contributed by atoms with Crippen LogP contribution in [0.25, 0.3) is 0 Å². The van der Waals surface area contributed by atoms with Gasteiger partial charge in [0, 0.05) is 26.2 Å². The summed E-state index contributed by atoms with van der Waals surface area (Å²) < 4.78 is 5.16. The second kappa shape index (κ2) is 6.44. The lowest BCUT2D eigenvalue weighted by Crippen LogP contribution is -2.48. The van der Waals surface area contributed by atoms with E-state index in [2.05, 4.69) is 18.7 Å². The van der Waals surface area contributed by atoms with Crippen molar-refractivity contribution in [3.8, 4) is 0 Å². The van der Waals surface area contributed by atoms with Crippen LogP contribution < -0.4 is 0 Å². The second-order valence-electron chi connectivity index (χ2n) is 5.42. The average Bonchev–Trinajstić information content (AvgIpc) is 2.83. The van der Waals surface area contributed by atoms with Gasteiger partial charge in [-0.25, -0.2) is 0 Å². The molecule has 4 nitrogen and oxygen atoms in total. The van der Waals surface area contributed by atoms with E-state index in [1.165, 1.54) is 6.42 Å². The Morgan fingerprint density at radius 3 is 2.53 bits per heavy atom. The fraction of sp³-hybridized carbons (Fsp3) is 0.643. The van der Waals surface area contributed by atoms with E-state index < -0.39 is 0 Å². The highest BCUT2D eigenvalue weighted by atomic mass is 35.5. The number of hydrogen-bond acceptors (Lipinski definition) is 3. The van der Waals surface area contributed by atoms with E-state index in [4.69, 9.17) is 16.0 Å². The Hall–Kier alpha value is -1.00. The van der Waals surface area contributed by atoms with Crippen molar-refractivity contribution in [2.24, 2.45) is 5.92 Å². The van der Waals surface area contributed by atoms with Gasteiger partial charge in [0.1, 0.15) is 0 Å². The molecule has 1 aromatic rings. The van der Waals surface area contributed by atoms with Crippen LogP contribution in [0, 0.1) is 5.92 Å². The quantitative estimate of drug-likeness (QED) is 0.853. The molecule has 106 valence electrons. The van der Waals surface area contributed by atoms with Crippen molar-refractivity contribution in [3.63, 3.8) is 0 Å². The first kappa shape index (κ1) is 14.4. The number of hydrogen-bond donors (Lipinski definition) is 0. The molecule has 2 rings (SSSR count). The predicted molar refractivity (Wildman–Crippen MR) is 75.5 cm³/mol. The molecule has 19 heavy (non-hydrogen) atoms. The van der Waals surface area contributed by atoms with E-state index in [9.17, 15) is 4.79 Å². The highest BCUT2D eigenvalue weighted by molar-refractivity contribution is 6.29. The Morgan fingerprint density at radius 2 is 2.00 bits per heavy atom. The summed E-state index contributed by atoms with van der Waals surface area (Å²) in [6.07, 6.45) is 1.21. The third-order valence-corrected chi connectivity index (χ3v) is 3.67. The summed E-state index contributed by atoms with van der Waals surface area (Å²) in [4.78, 5) is 16.4. The van der Waals surface area contributed by atoms with Crippen molar-refractivity contribution < 1.29 is 9.21 Å². The van der Waals surface area contributed by atoms with Gasteiger partial charge < -0.3 is 9.32 Å². The Labute approximate surface area is 119 Å². The molecule has 0 bridgehead atoms. The molecule has 0 radical (unpaired) electrons. The maximum Gasteiger partial charge on any atom is 0.289 e. The van der Waals surface area contributed by atoms with Crippen molar-refractivity contribution in [1.29, 1.82) is 0 Å². The highest BCUT2D eigenvalue weighted by Crippen LogP contribution is 2.16. The fourth-order valence-electron chi connectivity index (χ4n) is 2.20. The Morgan fingerprint density at radius 1 is 1.32 bits per heavy atom. The van der Waals surface area contributed by atoms with Gasteiger partial charge in [-0.05, 0) is 42.6 Å². The van der Waals surface area contributed by atoms with Gasteiger partial charge in [-0.2, -0.15) is 0 Å². The zero-order valence-corrected chi connectivity index (χ0v) is 12.3. The largest absolute Gasteiger partial charge is 0.440 e. The number of rotatable bonds is 4. The van der Waals surface area contributed by atoms with Crippen LogP contribution in [-0.4, -0.2) is 48.4 Å². The smallest absolute Gasteiger partial charge is 0.289 e. The molecule has 1 fully saturated rings. The number of halogens is 1. The maximum absolute atomic E-state index is 12.1. The van der Waals surface area contributed by atoms with E-state index in [0.29, 0.717) is 5.76 Å². The molecule has 5 heteroatoms. The molecule has 2 heterocycles. The first-order valence-electron chi connectivity index (χ1n) is 6.83. The van der Waals surface area contributed by atoms with Crippen LogP contribution in [0.1, 0.15) is 30.8 Å². The molecular weight excluding hydrogens is 264 g/mol. The SMILES string of the molecule is CC(C)CCN1CCN(C(=O)c2ccc(Cl)o2)CC1. The zero-order valence-electron chi connectivity index (χ0n) is 11.6. The molecule has 1 saturated heterocycles. The minimum absolute atomic E-state index is 0.0598. The monoisotopic (exact) mass is 284 g/mol. The lowest BCUT2D eigenvalue weighted by Gasteiger charge is -2.34. The molecule has 0 spiro atoms. The van der Waals surface area contributed by atoms with Crippen LogP contribution in [0.5, 0.6) is 0 Å². The molecule has 1 amide bonds. The number of furan rings is 1. The molecule has 0 aromatic carbocycles. The predicted octanol–water partition coefficient (Wildman–Crippen LogP) is 2.74. The standard InChI is InChI=1S/C14H21ClN2O2/c1-11(2)5-6-16-7-9-17(10-8-16)14(18)12-3-4-13(15)19-12/h3-4,11H,5-10H2,1-2H3. The molecule has 1 aromatic heterocycles. The Bertz CT molecular complexity index is 423. The second-order valence-corrected chi connectivity index (χ2v) is 5.79. The molecule has 1 aliphatic rings. The van der Waals surface area contributed by atoms with Crippen LogP contribution >= 0.6 is 11.6 Å². The van der Waals surface area contributed by atoms with E-state index in [1.54, 1.807) is 12.1 Å². The van der Waals surface area contributed by atoms with Gasteiger partial charge in [-0.15, -0.1) is 0 Å². The third-order valence-electron chi connectivity index (χ3n) is 3.47. The Balaban J connectivity index is 1.81. The van der Waals surface area contributed by atoms with Crippen LogP contribution in [0.2, 0.25) is 5.22 Å². The van der Waals surface area contributed by atoms with Gasteiger partial charge in [0.2, 0.25) is 0 Å². The molecule has 1 aliphatic heterocycles. The van der Waals surface area contributed by atoms with E-state index in [-0.39, 0.29) is 11.1 Å². The molecule has 0 unspecified atom stereocenters. The maximum atomic E-state index is 12.1. The lowest BCUT2D eigenvalue weighted by molar-refractivity contribution is 0.0601. The topological polar surface area (TPSA) is 36.7 Å². The molecule has 0 aliphatic carbocycles. The van der Waals surface area contributed by atoms with Crippen molar-refractivity contribution in [2.45, 2.75) is 20.3 Å². The van der Waals surface area contributed by atoms with Gasteiger partial charge in [0.25, 0.3) is 5.91 Å². The van der Waals surface area contributed by atoms with Crippen LogP contribution in [-0.2, 0) is 0 Å². The summed E-state index contributed by atoms with van der Waals surface area (Å²) in [5, 5.41) is 0.263. The van der Waals surface area contributed by atoms with Crippen molar-refractivity contribution in [1.82, 2.24) is 9.80 Å². The third kappa shape index (κ3) is 3.98. The number of nitrogens with zero attached hydrogens (tertiary/aromatic N) is 2. The Kier molecular flexibility index (Phi) is 4.88. The summed E-state index contributed by atoms with van der Waals surface area (Å²) in [6.45, 7) is 8.98. The number of amides is 1. The summed E-state index contributed by atoms with van der Waals surface area (Å²) in [5.74, 6) is 1.00. The first-order chi connectivity index (χ1) is 9.06. The van der Waals surface area contributed by atoms with Gasteiger partial charge in [-0.1, -0.05) is 13.8 Å². The normalized spacial score (nSPS) is 17.2. The van der Waals surface area contributed by atoms with Gasteiger partial charge >= 0.3 is 0 Å². The number of piperazine rings is 1. The molecule has 0 N–H and O–H groups in total. The van der Waals surface area contributed by atoms with Crippen LogP contribution in [0.4, 0.5) is 0 Å². The number of carbonyl (C=O) groups is 1. The lowest BCUT2D eigenvalue weighted by atomic mass is 10.1. The van der Waals surface area contributed by atoms with E-state index in [1.807, 2.05) is 4.90 Å². The minimum Gasteiger partial charge on any atom is -0.440 e. The van der Waals surface area contributed by atoms with Crippen LogP contribution in [0.15, 0.2) is 16.5 Å². The zero-order chi connectivity index (χ0) is 13.8. The van der Waals surface area contributed by atoms with Crippen molar-refractivity contribution >= 4 is 17.5 Å². The first-order valence-corrected chi connectivity index (χ1v) is 7.21. The summed E-state index contributed by atoms with van der Waals surface area (Å²) in [6, 6.07) is 3.24. The van der Waals surface area contributed by atoms with Gasteiger partial charge in [0.05, 0.1) is 0 Å². The average molecular weight is 285 g/mol. The van der Waals surface area contributed by atoms with Gasteiger partial charge in [0.15, 0.2) is 11.0 Å². The van der Waals surface area contributed by atoms with E-state index in [0.717, 1.165) is 38.6 Å². The van der Waals surface area contributed by atoms with Crippen molar-refractivity contribution in [3.05, 3.63) is 23.1 Å². The summed E-state index contributed by atoms with van der Waals surface area (Å²) >= 11 is 5.69. The van der Waals surface area contributed by atoms with Crippen LogP contribution in [0.3, 0.4) is 0 Å². The highest BCUT2D eigenvalue weighted by Gasteiger charge is 2.23. The molecule has 0 saturated carbocycles. The minimum atomic E-state index is -0.0598. The molecule has 0 atom stereocenters. The summed E-state index contributed by atoms with van der Waals surface area (Å²) in [7, 11) is 0. The van der Waals surface area contributed by atoms with Gasteiger partial charge in [-0.3, -0.25) is 9.69 Å². The number of carbonyl (C=O) groups excluding carboxylic acids is 1. The van der Waals surface area contributed by atoms with E-state index >= 15 is 0 Å². The summed E-state index contributed by atoms with van der Waals surface area (Å²) in [5.41, 5.74) is 0.